The summed E-state index contributed by atoms with van der Waals surface area (Å²) in [4.78, 5) is 11.2. The summed E-state index contributed by atoms with van der Waals surface area (Å²) in [6, 6.07) is 9.49. The third-order valence-corrected chi connectivity index (χ3v) is 2.00. The molecular weight excluding hydrogens is 202 g/mol. The van der Waals surface area contributed by atoms with Crippen molar-refractivity contribution in [1.29, 1.82) is 0 Å². The first-order chi connectivity index (χ1) is 7.79. The van der Waals surface area contributed by atoms with Gasteiger partial charge in [0.15, 0.2) is 5.78 Å². The highest BCUT2D eigenvalue weighted by atomic mass is 16.5. The molecule has 0 saturated heterocycles. The van der Waals surface area contributed by atoms with Crippen LogP contribution in [-0.4, -0.2) is 10.9 Å². The van der Waals surface area contributed by atoms with Gasteiger partial charge in [0.1, 0.15) is 12.0 Å². The summed E-state index contributed by atoms with van der Waals surface area (Å²) in [7, 11) is 0. The predicted octanol–water partition coefficient (Wildman–Crippen LogP) is 3.57. The van der Waals surface area contributed by atoms with Gasteiger partial charge in [0.05, 0.1) is 5.56 Å². The summed E-state index contributed by atoms with van der Waals surface area (Å²) in [5.74, 6) is -0.0369. The van der Waals surface area contributed by atoms with Crippen LogP contribution in [0.5, 0.6) is 0 Å². The van der Waals surface area contributed by atoms with E-state index in [-0.39, 0.29) is 5.78 Å². The standard InChI is InChI=1S/C11H9NO2.C2H6/c1-8(13)10-7-14-12-11(10)9-5-3-2-4-6-9;1-2/h2-7H,1H3;1-2H3. The fourth-order valence-electron chi connectivity index (χ4n) is 1.29. The number of nitrogens with zero attached hydrogens (tertiary/aromatic N) is 1. The molecule has 0 spiro atoms. The molecule has 0 amide bonds. The molecule has 0 radical (unpaired) electrons. The molecule has 0 fully saturated rings. The maximum Gasteiger partial charge on any atom is 0.165 e. The Hall–Kier alpha value is -1.90. The lowest BCUT2D eigenvalue weighted by atomic mass is 10.1. The number of benzene rings is 1. The summed E-state index contributed by atoms with van der Waals surface area (Å²) in [5.41, 5.74) is 2.03. The van der Waals surface area contributed by atoms with Crippen LogP contribution in [0.2, 0.25) is 0 Å². The van der Waals surface area contributed by atoms with Gasteiger partial charge in [0, 0.05) is 5.56 Å². The summed E-state index contributed by atoms with van der Waals surface area (Å²) < 4.78 is 4.79. The molecule has 1 aromatic heterocycles. The molecule has 2 rings (SSSR count). The van der Waals surface area contributed by atoms with E-state index >= 15 is 0 Å². The van der Waals surface area contributed by atoms with Crippen molar-refractivity contribution in [3.05, 3.63) is 42.2 Å². The minimum Gasteiger partial charge on any atom is -0.363 e. The highest BCUT2D eigenvalue weighted by Crippen LogP contribution is 2.21. The van der Waals surface area contributed by atoms with E-state index in [0.717, 1.165) is 5.56 Å². The molecule has 0 aliphatic carbocycles. The number of hydrogen-bond acceptors (Lipinski definition) is 3. The van der Waals surface area contributed by atoms with E-state index in [2.05, 4.69) is 5.16 Å². The molecule has 0 aliphatic heterocycles. The summed E-state index contributed by atoms with van der Waals surface area (Å²) >= 11 is 0. The number of carbonyl (C=O) groups excluding carboxylic acids is 1. The zero-order chi connectivity index (χ0) is 12.0. The van der Waals surface area contributed by atoms with E-state index in [4.69, 9.17) is 4.52 Å². The van der Waals surface area contributed by atoms with Crippen LogP contribution in [0.3, 0.4) is 0 Å². The van der Waals surface area contributed by atoms with E-state index in [9.17, 15) is 4.79 Å². The monoisotopic (exact) mass is 217 g/mol. The smallest absolute Gasteiger partial charge is 0.165 e. The van der Waals surface area contributed by atoms with Gasteiger partial charge in [-0.1, -0.05) is 49.3 Å². The van der Waals surface area contributed by atoms with Gasteiger partial charge < -0.3 is 4.52 Å². The third-order valence-electron chi connectivity index (χ3n) is 2.00. The normalized spacial score (nSPS) is 9.19. The molecule has 1 heterocycles. The zero-order valence-corrected chi connectivity index (χ0v) is 9.73. The average Bonchev–Trinajstić information content (AvgIpc) is 2.82. The van der Waals surface area contributed by atoms with Crippen LogP contribution in [0.1, 0.15) is 31.1 Å². The van der Waals surface area contributed by atoms with Gasteiger partial charge in [-0.05, 0) is 6.92 Å². The highest BCUT2D eigenvalue weighted by molar-refractivity contribution is 5.99. The minimum absolute atomic E-state index is 0.0369. The molecule has 0 bridgehead atoms. The van der Waals surface area contributed by atoms with Crippen LogP contribution >= 0.6 is 0 Å². The van der Waals surface area contributed by atoms with Gasteiger partial charge in [-0.25, -0.2) is 0 Å². The first kappa shape index (κ1) is 12.2. The van der Waals surface area contributed by atoms with Gasteiger partial charge in [0.2, 0.25) is 0 Å². The van der Waals surface area contributed by atoms with E-state index in [0.29, 0.717) is 11.3 Å². The summed E-state index contributed by atoms with van der Waals surface area (Å²) in [5, 5.41) is 3.81. The first-order valence-corrected chi connectivity index (χ1v) is 5.30. The first-order valence-electron chi connectivity index (χ1n) is 5.30. The Morgan fingerprint density at radius 3 is 2.38 bits per heavy atom. The Labute approximate surface area is 95.1 Å². The Bertz CT molecular complexity index is 446. The lowest BCUT2D eigenvalue weighted by molar-refractivity contribution is 0.101. The van der Waals surface area contributed by atoms with Crippen LogP contribution in [0.25, 0.3) is 11.3 Å². The van der Waals surface area contributed by atoms with Crippen LogP contribution in [0.15, 0.2) is 41.1 Å². The Kier molecular flexibility index (Phi) is 4.45. The van der Waals surface area contributed by atoms with E-state index in [1.54, 1.807) is 0 Å². The largest absolute Gasteiger partial charge is 0.363 e. The second-order valence-corrected chi connectivity index (χ2v) is 3.00. The van der Waals surface area contributed by atoms with Crippen molar-refractivity contribution in [1.82, 2.24) is 5.16 Å². The van der Waals surface area contributed by atoms with Crippen LogP contribution < -0.4 is 0 Å². The number of rotatable bonds is 2. The van der Waals surface area contributed by atoms with Crippen molar-refractivity contribution in [2.75, 3.05) is 0 Å². The SMILES string of the molecule is CC.CC(=O)c1conc1-c1ccccc1. The van der Waals surface area contributed by atoms with Gasteiger partial charge in [-0.15, -0.1) is 0 Å². The van der Waals surface area contributed by atoms with Crippen LogP contribution in [-0.2, 0) is 0 Å². The van der Waals surface area contributed by atoms with E-state index in [1.165, 1.54) is 13.2 Å². The van der Waals surface area contributed by atoms with Crippen molar-refractivity contribution in [3.63, 3.8) is 0 Å². The van der Waals surface area contributed by atoms with Crippen LogP contribution in [0.4, 0.5) is 0 Å². The van der Waals surface area contributed by atoms with Crippen molar-refractivity contribution in [2.24, 2.45) is 0 Å². The quantitative estimate of drug-likeness (QED) is 0.722. The van der Waals surface area contributed by atoms with Crippen molar-refractivity contribution < 1.29 is 9.32 Å². The molecule has 84 valence electrons. The second-order valence-electron chi connectivity index (χ2n) is 3.00. The third kappa shape index (κ3) is 2.57. The molecule has 0 unspecified atom stereocenters. The van der Waals surface area contributed by atoms with Gasteiger partial charge in [0.25, 0.3) is 0 Å². The van der Waals surface area contributed by atoms with Gasteiger partial charge >= 0.3 is 0 Å². The molecule has 0 aliphatic rings. The lowest BCUT2D eigenvalue weighted by Crippen LogP contribution is -1.92. The number of aromatic nitrogens is 1. The molecule has 16 heavy (non-hydrogen) atoms. The number of hydrogen-bond donors (Lipinski definition) is 0. The fourth-order valence-corrected chi connectivity index (χ4v) is 1.29. The summed E-state index contributed by atoms with van der Waals surface area (Å²) in [6.45, 7) is 5.50. The number of ketones is 1. The second kappa shape index (κ2) is 5.85. The molecule has 2 aromatic rings. The molecule has 0 atom stereocenters. The van der Waals surface area contributed by atoms with Crippen molar-refractivity contribution in [3.8, 4) is 11.3 Å². The summed E-state index contributed by atoms with van der Waals surface area (Å²) in [6.07, 6.45) is 1.38. The number of Topliss-reactive ketones (excluding diaryl/α,β-unsaturated/α-hetero) is 1. The fraction of sp³-hybridized carbons (Fsp3) is 0.231. The Morgan fingerprint density at radius 2 is 1.81 bits per heavy atom. The van der Waals surface area contributed by atoms with Crippen molar-refractivity contribution >= 4 is 5.78 Å². The molecule has 3 nitrogen and oxygen atoms in total. The lowest BCUT2D eigenvalue weighted by Gasteiger charge is -1.96. The number of carbonyl (C=O) groups is 1. The molecule has 3 heteroatoms. The zero-order valence-electron chi connectivity index (χ0n) is 9.73. The van der Waals surface area contributed by atoms with Crippen molar-refractivity contribution in [2.45, 2.75) is 20.8 Å². The molecular formula is C13H15NO2. The molecule has 1 aromatic carbocycles. The Balaban J connectivity index is 0.000000606. The van der Waals surface area contributed by atoms with E-state index < -0.39 is 0 Å². The van der Waals surface area contributed by atoms with Crippen LogP contribution in [0, 0.1) is 0 Å². The Morgan fingerprint density at radius 1 is 1.19 bits per heavy atom. The minimum atomic E-state index is -0.0369. The maximum absolute atomic E-state index is 11.2. The van der Waals surface area contributed by atoms with E-state index in [1.807, 2.05) is 44.2 Å². The topological polar surface area (TPSA) is 43.1 Å². The maximum atomic E-state index is 11.2. The average molecular weight is 217 g/mol. The highest BCUT2D eigenvalue weighted by Gasteiger charge is 2.12. The predicted molar refractivity (Wildman–Crippen MR) is 63.3 cm³/mol. The van der Waals surface area contributed by atoms with Gasteiger partial charge in [-0.3, -0.25) is 4.79 Å². The molecule has 0 saturated carbocycles. The molecule has 0 N–H and O–H groups in total. The van der Waals surface area contributed by atoms with Gasteiger partial charge in [-0.2, -0.15) is 0 Å².